The minimum Gasteiger partial charge on any atom is -0.407 e. The van der Waals surface area contributed by atoms with E-state index in [1.54, 1.807) is 7.11 Å². The highest BCUT2D eigenvalue weighted by Gasteiger charge is 2.29. The first-order chi connectivity index (χ1) is 9.22. The zero-order valence-electron chi connectivity index (χ0n) is 11.2. The molecule has 106 valence electrons. The zero-order valence-corrected chi connectivity index (χ0v) is 11.2. The number of hydrogen-bond acceptors (Lipinski definition) is 7. The van der Waals surface area contributed by atoms with Crippen molar-refractivity contribution in [3.05, 3.63) is 5.89 Å². The molecule has 1 aliphatic heterocycles. The summed E-state index contributed by atoms with van der Waals surface area (Å²) in [6, 6.07) is 0.106. The Morgan fingerprint density at radius 3 is 3.21 bits per heavy atom. The molecule has 0 bridgehead atoms. The predicted molar refractivity (Wildman–Crippen MR) is 67.7 cm³/mol. The fourth-order valence-corrected chi connectivity index (χ4v) is 1.85. The summed E-state index contributed by atoms with van der Waals surface area (Å²) in [6.45, 7) is 4.92. The summed E-state index contributed by atoms with van der Waals surface area (Å²) < 4.78 is 10.5. The van der Waals surface area contributed by atoms with Crippen molar-refractivity contribution in [2.45, 2.75) is 19.5 Å². The van der Waals surface area contributed by atoms with E-state index >= 15 is 0 Å². The normalized spacial score (nSPS) is 19.6. The second-order valence-corrected chi connectivity index (χ2v) is 4.31. The Morgan fingerprint density at radius 1 is 1.58 bits per heavy atom. The van der Waals surface area contributed by atoms with Crippen molar-refractivity contribution in [1.82, 2.24) is 20.8 Å². The molecule has 2 N–H and O–H groups in total. The third-order valence-electron chi connectivity index (χ3n) is 2.96. The molecule has 8 nitrogen and oxygen atoms in total. The number of nitrogens with zero attached hydrogens (tertiary/aromatic N) is 3. The minimum absolute atomic E-state index is 0.0239. The number of nitrogens with one attached hydrogen (secondary N) is 2. The summed E-state index contributed by atoms with van der Waals surface area (Å²) in [5.74, 6) is 0.480. The van der Waals surface area contributed by atoms with Crippen LogP contribution >= 0.6 is 0 Å². The lowest BCUT2D eigenvalue weighted by atomic mass is 10.2. The molecule has 0 spiro atoms. The van der Waals surface area contributed by atoms with Crippen LogP contribution in [0, 0.1) is 0 Å². The molecule has 1 fully saturated rings. The fourth-order valence-electron chi connectivity index (χ4n) is 1.85. The summed E-state index contributed by atoms with van der Waals surface area (Å²) in [5, 5.41) is 13.8. The number of amides is 1. The van der Waals surface area contributed by atoms with Crippen LogP contribution in [0.4, 0.5) is 6.01 Å². The maximum absolute atomic E-state index is 11.6. The van der Waals surface area contributed by atoms with Gasteiger partial charge < -0.3 is 24.7 Å². The summed E-state index contributed by atoms with van der Waals surface area (Å²) in [5.41, 5.74) is 0. The van der Waals surface area contributed by atoms with Crippen LogP contribution in [0.2, 0.25) is 0 Å². The molecule has 0 aromatic carbocycles. The first kappa shape index (κ1) is 13.8. The largest absolute Gasteiger partial charge is 0.407 e. The van der Waals surface area contributed by atoms with Gasteiger partial charge in [-0.2, -0.15) is 0 Å². The van der Waals surface area contributed by atoms with Crippen LogP contribution in [-0.4, -0.2) is 55.5 Å². The van der Waals surface area contributed by atoms with E-state index in [1.807, 2.05) is 11.8 Å². The number of carbonyl (C=O) groups is 1. The lowest BCUT2D eigenvalue weighted by Crippen LogP contribution is -2.54. The van der Waals surface area contributed by atoms with Crippen molar-refractivity contribution in [2.24, 2.45) is 0 Å². The van der Waals surface area contributed by atoms with E-state index in [0.717, 1.165) is 6.54 Å². The van der Waals surface area contributed by atoms with Crippen LogP contribution in [0.3, 0.4) is 0 Å². The van der Waals surface area contributed by atoms with E-state index in [2.05, 4.69) is 20.8 Å². The molecule has 1 atom stereocenters. The standard InChI is InChI=1S/C11H19N5O3/c1-8-10(17)13-3-5-16(8)11-15-14-9(19-11)7-12-4-6-18-2/h8,12H,3-7H2,1-2H3,(H,13,17). The van der Waals surface area contributed by atoms with E-state index in [-0.39, 0.29) is 11.9 Å². The molecule has 2 rings (SSSR count). The second-order valence-electron chi connectivity index (χ2n) is 4.31. The number of carbonyl (C=O) groups excluding carboxylic acids is 1. The van der Waals surface area contributed by atoms with Crippen LogP contribution in [-0.2, 0) is 16.1 Å². The third-order valence-corrected chi connectivity index (χ3v) is 2.96. The molecule has 1 aromatic heterocycles. The number of piperazine rings is 1. The minimum atomic E-state index is -0.288. The number of rotatable bonds is 6. The van der Waals surface area contributed by atoms with E-state index in [1.165, 1.54) is 0 Å². The molecular weight excluding hydrogens is 250 g/mol. The molecule has 1 aromatic rings. The summed E-state index contributed by atoms with van der Waals surface area (Å²) in [6.07, 6.45) is 0. The Bertz CT molecular complexity index is 422. The SMILES string of the molecule is COCCNCc1nnc(N2CCNC(=O)C2C)o1. The molecule has 0 aliphatic carbocycles. The lowest BCUT2D eigenvalue weighted by molar-refractivity contribution is -0.123. The number of hydrogen-bond donors (Lipinski definition) is 2. The quantitative estimate of drug-likeness (QED) is 0.648. The van der Waals surface area contributed by atoms with Crippen LogP contribution in [0.1, 0.15) is 12.8 Å². The molecule has 0 radical (unpaired) electrons. The van der Waals surface area contributed by atoms with Gasteiger partial charge in [0.2, 0.25) is 11.8 Å². The van der Waals surface area contributed by atoms with E-state index in [4.69, 9.17) is 9.15 Å². The molecule has 0 saturated carbocycles. The van der Waals surface area contributed by atoms with Gasteiger partial charge in [0.1, 0.15) is 6.04 Å². The van der Waals surface area contributed by atoms with Crippen molar-refractivity contribution < 1.29 is 13.9 Å². The van der Waals surface area contributed by atoms with Crippen LogP contribution in [0.15, 0.2) is 4.42 Å². The van der Waals surface area contributed by atoms with Gasteiger partial charge >= 0.3 is 6.01 Å². The first-order valence-electron chi connectivity index (χ1n) is 6.28. The second kappa shape index (κ2) is 6.48. The maximum Gasteiger partial charge on any atom is 0.318 e. The van der Waals surface area contributed by atoms with Gasteiger partial charge in [0.05, 0.1) is 13.2 Å². The Hall–Kier alpha value is -1.67. The summed E-state index contributed by atoms with van der Waals surface area (Å²) in [4.78, 5) is 13.4. The molecule has 1 unspecified atom stereocenters. The van der Waals surface area contributed by atoms with Crippen LogP contribution < -0.4 is 15.5 Å². The topological polar surface area (TPSA) is 92.5 Å². The van der Waals surface area contributed by atoms with Gasteiger partial charge in [0.15, 0.2) is 0 Å². The van der Waals surface area contributed by atoms with Crippen LogP contribution in [0.25, 0.3) is 0 Å². The summed E-state index contributed by atoms with van der Waals surface area (Å²) in [7, 11) is 1.65. The fraction of sp³-hybridized carbons (Fsp3) is 0.727. The first-order valence-corrected chi connectivity index (χ1v) is 6.28. The highest BCUT2D eigenvalue weighted by molar-refractivity contribution is 5.85. The van der Waals surface area contributed by atoms with Gasteiger partial charge in [-0.1, -0.05) is 5.10 Å². The van der Waals surface area contributed by atoms with Gasteiger partial charge in [0.25, 0.3) is 0 Å². The van der Waals surface area contributed by atoms with Gasteiger partial charge in [-0.05, 0) is 6.92 Å². The zero-order chi connectivity index (χ0) is 13.7. The number of anilines is 1. The molecule has 2 heterocycles. The Morgan fingerprint density at radius 2 is 2.42 bits per heavy atom. The Labute approximate surface area is 111 Å². The monoisotopic (exact) mass is 269 g/mol. The van der Waals surface area contributed by atoms with Gasteiger partial charge in [0, 0.05) is 26.7 Å². The van der Waals surface area contributed by atoms with Crippen molar-refractivity contribution in [2.75, 3.05) is 38.3 Å². The highest BCUT2D eigenvalue weighted by atomic mass is 16.5. The van der Waals surface area contributed by atoms with E-state index < -0.39 is 0 Å². The molecule has 19 heavy (non-hydrogen) atoms. The van der Waals surface area contributed by atoms with Crippen LogP contribution in [0.5, 0.6) is 0 Å². The van der Waals surface area contributed by atoms with Crippen molar-refractivity contribution in [3.8, 4) is 0 Å². The highest BCUT2D eigenvalue weighted by Crippen LogP contribution is 2.16. The Balaban J connectivity index is 1.90. The van der Waals surface area contributed by atoms with Gasteiger partial charge in [-0.15, -0.1) is 5.10 Å². The van der Waals surface area contributed by atoms with Gasteiger partial charge in [-0.3, -0.25) is 4.79 Å². The Kier molecular flexibility index (Phi) is 4.69. The number of aromatic nitrogens is 2. The summed E-state index contributed by atoms with van der Waals surface area (Å²) >= 11 is 0. The average Bonchev–Trinajstić information content (AvgIpc) is 2.87. The predicted octanol–water partition coefficient (Wildman–Crippen LogP) is -0.870. The maximum atomic E-state index is 11.6. The van der Waals surface area contributed by atoms with Crippen molar-refractivity contribution >= 4 is 11.9 Å². The molecule has 8 heteroatoms. The number of ether oxygens (including phenoxy) is 1. The van der Waals surface area contributed by atoms with E-state index in [9.17, 15) is 4.79 Å². The van der Waals surface area contributed by atoms with Gasteiger partial charge in [-0.25, -0.2) is 0 Å². The lowest BCUT2D eigenvalue weighted by Gasteiger charge is -2.30. The van der Waals surface area contributed by atoms with Crippen molar-refractivity contribution in [3.63, 3.8) is 0 Å². The molecule has 1 amide bonds. The van der Waals surface area contributed by atoms with E-state index in [0.29, 0.717) is 38.1 Å². The smallest absolute Gasteiger partial charge is 0.318 e. The molecule has 1 saturated heterocycles. The molecule has 1 aliphatic rings. The molecular formula is C11H19N5O3. The van der Waals surface area contributed by atoms with Crippen molar-refractivity contribution in [1.29, 1.82) is 0 Å². The number of methoxy groups -OCH3 is 1. The third kappa shape index (κ3) is 3.42. The average molecular weight is 269 g/mol.